The number of hydrogen-bond donors (Lipinski definition) is 1. The first-order chi connectivity index (χ1) is 9.60. The van der Waals surface area contributed by atoms with Gasteiger partial charge in [-0.25, -0.2) is 0 Å². The highest BCUT2D eigenvalue weighted by atomic mass is 32.1. The molecule has 20 heavy (non-hydrogen) atoms. The summed E-state index contributed by atoms with van der Waals surface area (Å²) in [7, 11) is 1.66. The molecule has 6 heteroatoms. The van der Waals surface area contributed by atoms with Gasteiger partial charge in [0.25, 0.3) is 0 Å². The molecule has 0 aromatic heterocycles. The molecule has 0 bridgehead atoms. The molecule has 1 amide bonds. The summed E-state index contributed by atoms with van der Waals surface area (Å²) in [4.78, 5) is 16.2. The Morgan fingerprint density at radius 1 is 1.35 bits per heavy atom. The predicted molar refractivity (Wildman–Crippen MR) is 83.2 cm³/mol. The summed E-state index contributed by atoms with van der Waals surface area (Å²) in [5.41, 5.74) is 6.53. The second-order valence-electron chi connectivity index (χ2n) is 4.71. The molecule has 2 N–H and O–H groups in total. The third kappa shape index (κ3) is 3.60. The smallest absolute Gasteiger partial charge is 0.229 e. The van der Waals surface area contributed by atoms with E-state index in [2.05, 4.69) is 11.0 Å². The van der Waals surface area contributed by atoms with Crippen molar-refractivity contribution in [1.29, 1.82) is 0 Å². The van der Waals surface area contributed by atoms with Gasteiger partial charge >= 0.3 is 0 Å². The van der Waals surface area contributed by atoms with Crippen LogP contribution in [0.3, 0.4) is 0 Å². The Kier molecular flexibility index (Phi) is 4.79. The van der Waals surface area contributed by atoms with Crippen LogP contribution in [0, 0.1) is 0 Å². The van der Waals surface area contributed by atoms with Gasteiger partial charge in [0, 0.05) is 37.9 Å². The van der Waals surface area contributed by atoms with E-state index in [1.54, 1.807) is 7.11 Å². The molecule has 1 fully saturated rings. The van der Waals surface area contributed by atoms with Crippen molar-refractivity contribution in [3.8, 4) is 5.75 Å². The van der Waals surface area contributed by atoms with Crippen molar-refractivity contribution in [1.82, 2.24) is 4.90 Å². The molecule has 0 radical (unpaired) electrons. The lowest BCUT2D eigenvalue weighted by Crippen LogP contribution is -2.49. The van der Waals surface area contributed by atoms with E-state index in [4.69, 9.17) is 22.7 Å². The molecule has 0 spiro atoms. The number of ether oxygens (including phenoxy) is 1. The Balaban J connectivity index is 1.93. The molecule has 0 atom stereocenters. The summed E-state index contributed by atoms with van der Waals surface area (Å²) in [6.45, 7) is 2.99. The minimum atomic E-state index is 0.0165. The summed E-state index contributed by atoms with van der Waals surface area (Å²) < 4.78 is 5.23. The summed E-state index contributed by atoms with van der Waals surface area (Å²) in [5, 5.41) is 0. The third-order valence-electron chi connectivity index (χ3n) is 3.38. The van der Waals surface area contributed by atoms with Crippen LogP contribution in [0.2, 0.25) is 0 Å². The van der Waals surface area contributed by atoms with Crippen LogP contribution in [0.25, 0.3) is 0 Å². The van der Waals surface area contributed by atoms with Crippen LogP contribution in [0.5, 0.6) is 5.75 Å². The number of thiocarbonyl (C=S) groups is 1. The largest absolute Gasteiger partial charge is 0.497 e. The Hall–Kier alpha value is -1.82. The Morgan fingerprint density at radius 2 is 2.05 bits per heavy atom. The van der Waals surface area contributed by atoms with Crippen LogP contribution in [0.4, 0.5) is 5.69 Å². The molecule has 5 nitrogen and oxygen atoms in total. The number of rotatable bonds is 4. The SMILES string of the molecule is COc1cccc(N2CCN(C(=O)CC(N)=S)CC2)c1. The summed E-state index contributed by atoms with van der Waals surface area (Å²) >= 11 is 4.77. The van der Waals surface area contributed by atoms with Gasteiger partial charge in [0.2, 0.25) is 5.91 Å². The molecular weight excluding hydrogens is 274 g/mol. The van der Waals surface area contributed by atoms with Crippen molar-refractivity contribution < 1.29 is 9.53 Å². The zero-order valence-electron chi connectivity index (χ0n) is 11.5. The molecule has 1 heterocycles. The Bertz CT molecular complexity index is 499. The van der Waals surface area contributed by atoms with Crippen molar-refractivity contribution in [2.45, 2.75) is 6.42 Å². The lowest BCUT2D eigenvalue weighted by atomic mass is 10.2. The molecule has 0 aliphatic carbocycles. The number of piperazine rings is 1. The molecule has 1 aliphatic heterocycles. The summed E-state index contributed by atoms with van der Waals surface area (Å²) in [5.74, 6) is 0.859. The topological polar surface area (TPSA) is 58.8 Å². The maximum absolute atomic E-state index is 11.9. The highest BCUT2D eigenvalue weighted by molar-refractivity contribution is 7.80. The summed E-state index contributed by atoms with van der Waals surface area (Å²) in [6, 6.07) is 7.95. The van der Waals surface area contributed by atoms with E-state index in [0.29, 0.717) is 13.1 Å². The van der Waals surface area contributed by atoms with Gasteiger partial charge < -0.3 is 20.3 Å². The van der Waals surface area contributed by atoms with Gasteiger partial charge in [0.1, 0.15) is 5.75 Å². The Labute approximate surface area is 124 Å². The molecular formula is C14H19N3O2S. The number of hydrogen-bond acceptors (Lipinski definition) is 4. The van der Waals surface area contributed by atoms with E-state index in [9.17, 15) is 4.79 Å². The maximum atomic E-state index is 11.9. The van der Waals surface area contributed by atoms with Crippen molar-refractivity contribution in [3.05, 3.63) is 24.3 Å². The van der Waals surface area contributed by atoms with Gasteiger partial charge in [0.15, 0.2) is 0 Å². The number of carbonyl (C=O) groups is 1. The first-order valence-corrected chi connectivity index (χ1v) is 6.96. The molecule has 1 aromatic carbocycles. The van der Waals surface area contributed by atoms with Gasteiger partial charge in [-0.15, -0.1) is 0 Å². The molecule has 2 rings (SSSR count). The monoisotopic (exact) mass is 293 g/mol. The van der Waals surface area contributed by atoms with Crippen LogP contribution in [0.15, 0.2) is 24.3 Å². The normalized spacial score (nSPS) is 15.1. The Morgan fingerprint density at radius 3 is 2.65 bits per heavy atom. The second-order valence-corrected chi connectivity index (χ2v) is 5.24. The molecule has 1 aromatic rings. The standard InChI is InChI=1S/C14H19N3O2S/c1-19-12-4-2-3-11(9-12)16-5-7-17(8-6-16)14(18)10-13(15)20/h2-4,9H,5-8,10H2,1H3,(H2,15,20). The lowest BCUT2D eigenvalue weighted by molar-refractivity contribution is -0.130. The van der Waals surface area contributed by atoms with Crippen LogP contribution < -0.4 is 15.4 Å². The second kappa shape index (κ2) is 6.56. The zero-order chi connectivity index (χ0) is 14.5. The van der Waals surface area contributed by atoms with Crippen LogP contribution in [-0.4, -0.2) is 49.1 Å². The van der Waals surface area contributed by atoms with Crippen molar-refractivity contribution in [2.75, 3.05) is 38.2 Å². The molecule has 1 aliphatic rings. The van der Waals surface area contributed by atoms with E-state index >= 15 is 0 Å². The van der Waals surface area contributed by atoms with Crippen molar-refractivity contribution >= 4 is 28.8 Å². The lowest BCUT2D eigenvalue weighted by Gasteiger charge is -2.36. The quantitative estimate of drug-likeness (QED) is 0.840. The minimum absolute atomic E-state index is 0.0165. The average Bonchev–Trinajstić information content (AvgIpc) is 2.47. The van der Waals surface area contributed by atoms with Crippen LogP contribution in [-0.2, 0) is 4.79 Å². The van der Waals surface area contributed by atoms with Gasteiger partial charge in [-0.05, 0) is 12.1 Å². The first-order valence-electron chi connectivity index (χ1n) is 6.55. The minimum Gasteiger partial charge on any atom is -0.497 e. The maximum Gasteiger partial charge on any atom is 0.229 e. The van der Waals surface area contributed by atoms with Crippen LogP contribution in [0.1, 0.15) is 6.42 Å². The van der Waals surface area contributed by atoms with E-state index in [1.165, 1.54) is 0 Å². The average molecular weight is 293 g/mol. The summed E-state index contributed by atoms with van der Waals surface area (Å²) in [6.07, 6.45) is 0.161. The fourth-order valence-corrected chi connectivity index (χ4v) is 2.41. The van der Waals surface area contributed by atoms with Gasteiger partial charge in [0.05, 0.1) is 18.5 Å². The molecule has 0 saturated carbocycles. The number of amides is 1. The van der Waals surface area contributed by atoms with Gasteiger partial charge in [-0.3, -0.25) is 4.79 Å². The van der Waals surface area contributed by atoms with Crippen LogP contribution >= 0.6 is 12.2 Å². The van der Waals surface area contributed by atoms with E-state index in [-0.39, 0.29) is 17.3 Å². The number of benzene rings is 1. The first kappa shape index (κ1) is 14.6. The van der Waals surface area contributed by atoms with Gasteiger partial charge in [-0.1, -0.05) is 18.3 Å². The third-order valence-corrected chi connectivity index (χ3v) is 3.52. The number of nitrogens with zero attached hydrogens (tertiary/aromatic N) is 2. The van der Waals surface area contributed by atoms with E-state index < -0.39 is 0 Å². The zero-order valence-corrected chi connectivity index (χ0v) is 12.4. The fraction of sp³-hybridized carbons (Fsp3) is 0.429. The molecule has 108 valence electrons. The predicted octanol–water partition coefficient (Wildman–Crippen LogP) is 1.02. The van der Waals surface area contributed by atoms with Crippen molar-refractivity contribution in [3.63, 3.8) is 0 Å². The number of methoxy groups -OCH3 is 1. The highest BCUT2D eigenvalue weighted by Gasteiger charge is 2.21. The number of carbonyl (C=O) groups excluding carboxylic acids is 1. The number of anilines is 1. The molecule has 1 saturated heterocycles. The van der Waals surface area contributed by atoms with Crippen molar-refractivity contribution in [2.24, 2.45) is 5.73 Å². The number of nitrogens with two attached hydrogens (primary N) is 1. The van der Waals surface area contributed by atoms with Gasteiger partial charge in [-0.2, -0.15) is 0 Å². The molecule has 0 unspecified atom stereocenters. The fourth-order valence-electron chi connectivity index (χ4n) is 2.28. The van der Waals surface area contributed by atoms with E-state index in [0.717, 1.165) is 24.5 Å². The van der Waals surface area contributed by atoms with E-state index in [1.807, 2.05) is 23.1 Å². The highest BCUT2D eigenvalue weighted by Crippen LogP contribution is 2.22.